The second-order valence-electron chi connectivity index (χ2n) is 1.05. The highest BCUT2D eigenvalue weighted by atomic mass is 34.0. The van der Waals surface area contributed by atoms with E-state index in [1.807, 2.05) is 0 Å². The highest BCUT2D eigenvalue weighted by Crippen LogP contribution is 2.96. The van der Waals surface area contributed by atoms with Crippen molar-refractivity contribution in [2.75, 3.05) is 0 Å². The van der Waals surface area contributed by atoms with Crippen LogP contribution in [0.5, 0.6) is 0 Å². The minimum absolute atomic E-state index is 0.688. The molecule has 4 nitrogen and oxygen atoms in total. The molecule has 0 aromatic carbocycles. The van der Waals surface area contributed by atoms with Crippen LogP contribution in [-0.2, 0) is 0 Å². The van der Waals surface area contributed by atoms with Crippen molar-refractivity contribution in [2.45, 2.75) is 0 Å². The molecule has 0 saturated carbocycles. The normalized spacial score (nSPS) is 14.8. The van der Waals surface area contributed by atoms with Gasteiger partial charge >= 0.3 is 0 Å². The predicted molar refractivity (Wildman–Crippen MR) is 55.9 cm³/mol. The van der Waals surface area contributed by atoms with Crippen LogP contribution in [-0.4, -0.2) is 19.6 Å². The molecule has 0 amide bonds. The van der Waals surface area contributed by atoms with Crippen molar-refractivity contribution in [3.8, 4) is 0 Å². The Morgan fingerprint density at radius 3 is 1.40 bits per heavy atom. The molecular formula is H6O4P2S4. The maximum Gasteiger partial charge on any atom is 0.241 e. The van der Waals surface area contributed by atoms with Gasteiger partial charge in [0.05, 0.1) is 0 Å². The zero-order valence-electron chi connectivity index (χ0n) is 4.39. The van der Waals surface area contributed by atoms with E-state index in [0.29, 0.717) is 9.83 Å². The van der Waals surface area contributed by atoms with Gasteiger partial charge in [0.25, 0.3) is 0 Å². The monoisotopic (exact) mass is 260 g/mol. The van der Waals surface area contributed by atoms with Gasteiger partial charge in [-0.3, -0.25) is 0 Å². The lowest BCUT2D eigenvalue weighted by atomic mass is 15.9. The quantitative estimate of drug-likeness (QED) is 0.264. The van der Waals surface area contributed by atoms with Gasteiger partial charge in [0.1, 0.15) is 0 Å². The first-order chi connectivity index (χ1) is 4.45. The summed E-state index contributed by atoms with van der Waals surface area (Å²) in [6, 6.07) is 0. The van der Waals surface area contributed by atoms with Gasteiger partial charge in [-0.05, 0) is 9.83 Å². The van der Waals surface area contributed by atoms with Gasteiger partial charge in [0, 0.05) is 7.33 Å². The van der Waals surface area contributed by atoms with Crippen molar-refractivity contribution < 1.29 is 19.6 Å². The van der Waals surface area contributed by atoms with Crippen LogP contribution < -0.4 is 0 Å². The van der Waals surface area contributed by atoms with Crippen molar-refractivity contribution in [3.63, 3.8) is 0 Å². The van der Waals surface area contributed by atoms with E-state index in [2.05, 4.69) is 23.3 Å². The third-order valence-electron chi connectivity index (χ3n) is 0.525. The molecule has 64 valence electrons. The van der Waals surface area contributed by atoms with E-state index in [0.717, 1.165) is 0 Å². The van der Waals surface area contributed by atoms with Crippen LogP contribution in [0.4, 0.5) is 0 Å². The number of hydrogen-bond acceptors (Lipinski definition) is 7. The van der Waals surface area contributed by atoms with E-state index in [9.17, 15) is 0 Å². The van der Waals surface area contributed by atoms with Gasteiger partial charge in [0.15, 0.2) is 0 Å². The predicted octanol–water partition coefficient (Wildman–Crippen LogP) is 1.55. The maximum absolute atomic E-state index is 8.65. The molecule has 10 heteroatoms. The fraction of sp³-hybridized carbons (Fsp3) is 0. The first-order valence-electron chi connectivity index (χ1n) is 1.70. The molecule has 0 aromatic heterocycles. The van der Waals surface area contributed by atoms with Gasteiger partial charge in [-0.25, -0.2) is 0 Å². The molecule has 0 aliphatic carbocycles. The second kappa shape index (κ2) is 4.97. The molecule has 0 bridgehead atoms. The average molecular weight is 260 g/mol. The molecule has 4 N–H and O–H groups in total. The summed E-state index contributed by atoms with van der Waals surface area (Å²) in [4.78, 5) is 34.6. The summed E-state index contributed by atoms with van der Waals surface area (Å²) in [5.74, 6) is 0. The van der Waals surface area contributed by atoms with Crippen LogP contribution >= 0.6 is 55.6 Å². The Balaban J connectivity index is 4.23. The third-order valence-corrected chi connectivity index (χ3v) is 19.6. The molecule has 0 atom stereocenters. The molecule has 0 radical (unpaired) electrons. The van der Waals surface area contributed by atoms with Gasteiger partial charge in [-0.2, -0.15) is 0 Å². The molecule has 0 aliphatic heterocycles. The van der Waals surface area contributed by atoms with E-state index in [1.165, 1.54) is 0 Å². The van der Waals surface area contributed by atoms with E-state index in [4.69, 9.17) is 19.6 Å². The van der Waals surface area contributed by atoms with Crippen LogP contribution in [0.25, 0.3) is 0 Å². The standard InChI is InChI=1S/H6O4P2S4/c1-5(2)10(8,9-7)6(3)4/h1-4,7-8H. The lowest BCUT2D eigenvalue weighted by Crippen LogP contribution is -1.78. The minimum Gasteiger partial charge on any atom is -0.342 e. The Morgan fingerprint density at radius 2 is 1.40 bits per heavy atom. The molecular weight excluding hydrogens is 254 g/mol. The lowest BCUT2D eigenvalue weighted by Gasteiger charge is -2.30. The van der Waals surface area contributed by atoms with Crippen LogP contribution in [0, 0.1) is 0 Å². The number of rotatable bonds is 3. The zero-order chi connectivity index (χ0) is 8.36. The van der Waals surface area contributed by atoms with E-state index < -0.39 is 22.5 Å². The summed E-state index contributed by atoms with van der Waals surface area (Å²) in [6.45, 7) is 0. The molecule has 10 heavy (non-hydrogen) atoms. The van der Waals surface area contributed by atoms with E-state index in [-0.39, 0.29) is 0 Å². The molecule has 0 unspecified atom stereocenters. The van der Waals surface area contributed by atoms with E-state index in [1.54, 1.807) is 0 Å². The SMILES string of the molecule is OP(O)S(S)(SS)P(O)O. The second-order valence-corrected chi connectivity index (χ2v) is 18.1. The first-order valence-corrected chi connectivity index (χ1v) is 10.5. The maximum atomic E-state index is 8.65. The van der Waals surface area contributed by atoms with Crippen LogP contribution in [0.2, 0.25) is 0 Å². The van der Waals surface area contributed by atoms with Gasteiger partial charge in [0.2, 0.25) is 15.2 Å². The van der Waals surface area contributed by atoms with Crippen molar-refractivity contribution >= 4 is 55.6 Å². The van der Waals surface area contributed by atoms with E-state index >= 15 is 0 Å². The highest BCUT2D eigenvalue weighted by molar-refractivity contribution is 9.59. The van der Waals surface area contributed by atoms with Gasteiger partial charge in [-0.1, -0.05) is 11.7 Å². The largest absolute Gasteiger partial charge is 0.342 e. The van der Waals surface area contributed by atoms with Gasteiger partial charge < -0.3 is 19.6 Å². The third kappa shape index (κ3) is 2.86. The summed E-state index contributed by atoms with van der Waals surface area (Å²) in [5, 5.41) is 0. The summed E-state index contributed by atoms with van der Waals surface area (Å²) in [6.07, 6.45) is 0. The van der Waals surface area contributed by atoms with Crippen molar-refractivity contribution in [1.29, 1.82) is 0 Å². The summed E-state index contributed by atoms with van der Waals surface area (Å²) < 4.78 is 0. The molecule has 0 rings (SSSR count). The van der Waals surface area contributed by atoms with Crippen LogP contribution in [0.1, 0.15) is 0 Å². The van der Waals surface area contributed by atoms with Crippen LogP contribution in [0.3, 0.4) is 0 Å². The Bertz CT molecular complexity index is 97.4. The molecule has 0 saturated heterocycles. The zero-order valence-corrected chi connectivity index (χ0v) is 9.60. The molecule has 0 fully saturated rings. The molecule has 0 heterocycles. The van der Waals surface area contributed by atoms with Crippen LogP contribution in [0.15, 0.2) is 0 Å². The van der Waals surface area contributed by atoms with Crippen molar-refractivity contribution in [3.05, 3.63) is 0 Å². The van der Waals surface area contributed by atoms with Crippen molar-refractivity contribution in [1.82, 2.24) is 0 Å². The highest BCUT2D eigenvalue weighted by Gasteiger charge is 2.37. The number of hydrogen-bond donors (Lipinski definition) is 6. The first kappa shape index (κ1) is 12.1. The summed E-state index contributed by atoms with van der Waals surface area (Å²) in [7, 11) is -6.64. The molecule has 0 aromatic rings. The molecule has 0 spiro atoms. The Morgan fingerprint density at radius 1 is 1.10 bits per heavy atom. The Labute approximate surface area is 75.1 Å². The fourth-order valence-electron chi connectivity index (χ4n) is 0.125. The van der Waals surface area contributed by atoms with Gasteiger partial charge in [-0.15, -0.1) is 11.7 Å². The minimum atomic E-state index is -2.48. The van der Waals surface area contributed by atoms with Crippen molar-refractivity contribution in [2.24, 2.45) is 0 Å². The summed E-state index contributed by atoms with van der Waals surface area (Å²) in [5.41, 5.74) is 0. The fourth-order valence-corrected chi connectivity index (χ4v) is 6.59. The Hall–Kier alpha value is 2.10. The Kier molecular flexibility index (Phi) is 6.01. The average Bonchev–Trinajstić information content (AvgIpc) is 1.85. The number of thiol groups is 2. The summed E-state index contributed by atoms with van der Waals surface area (Å²) >= 11 is 7.39. The molecule has 0 aliphatic rings. The lowest BCUT2D eigenvalue weighted by molar-refractivity contribution is 0.500. The smallest absolute Gasteiger partial charge is 0.241 e. The topological polar surface area (TPSA) is 80.9 Å².